The van der Waals surface area contributed by atoms with E-state index in [1.807, 2.05) is 18.2 Å². The van der Waals surface area contributed by atoms with Gasteiger partial charge in [-0.15, -0.1) is 0 Å². The fourth-order valence-electron chi connectivity index (χ4n) is 7.82. The maximum absolute atomic E-state index is 14.1. The number of ether oxygens (including phenoxy) is 2. The van der Waals surface area contributed by atoms with Crippen LogP contribution in [0.3, 0.4) is 0 Å². The third-order valence-corrected chi connectivity index (χ3v) is 11.9. The van der Waals surface area contributed by atoms with E-state index in [-0.39, 0.29) is 43.4 Å². The number of benzene rings is 2. The van der Waals surface area contributed by atoms with E-state index in [0.717, 1.165) is 45.0 Å². The van der Waals surface area contributed by atoms with Crippen LogP contribution in [0.2, 0.25) is 10.0 Å². The Balaban J connectivity index is 1.26. The highest BCUT2D eigenvalue weighted by molar-refractivity contribution is 6.41. The number of carbonyl (C=O) groups is 2. The average molecular weight is 842 g/mol. The average Bonchev–Trinajstić information content (AvgIpc) is 3.19. The Hall–Kier alpha value is -4.96. The zero-order valence-electron chi connectivity index (χ0n) is 34.4. The van der Waals surface area contributed by atoms with Gasteiger partial charge in [-0.2, -0.15) is 0 Å². The summed E-state index contributed by atoms with van der Waals surface area (Å²) in [5.74, 6) is -0.511. The summed E-state index contributed by atoms with van der Waals surface area (Å²) < 4.78 is 11.1. The van der Waals surface area contributed by atoms with Gasteiger partial charge in [0, 0.05) is 86.2 Å². The first kappa shape index (κ1) is 42.2. The molecule has 0 radical (unpaired) electrons. The zero-order chi connectivity index (χ0) is 42.2. The Bertz CT molecular complexity index is 2380. The van der Waals surface area contributed by atoms with Crippen molar-refractivity contribution in [3.05, 3.63) is 87.5 Å². The number of amides is 2. The van der Waals surface area contributed by atoms with Crippen molar-refractivity contribution in [3.63, 3.8) is 0 Å². The van der Waals surface area contributed by atoms with Crippen molar-refractivity contribution in [3.8, 4) is 33.9 Å². The molecule has 2 aliphatic heterocycles. The molecule has 310 valence electrons. The molecule has 2 saturated heterocycles. The lowest BCUT2D eigenvalue weighted by molar-refractivity contribution is 0.0354. The summed E-state index contributed by atoms with van der Waals surface area (Å²) in [5, 5.41) is 6.89. The van der Waals surface area contributed by atoms with Gasteiger partial charge in [-0.25, -0.2) is 9.97 Å². The smallest absolute Gasteiger partial charge is 0.268 e. The van der Waals surface area contributed by atoms with Crippen molar-refractivity contribution in [1.82, 2.24) is 40.0 Å². The standard InChI is InChI=1S/C43H50Cl2N10O4/c1-42(2)23-54(15-14-49-42)22-27-10-11-28(39(50-27)40(46)56)31-20-48-37-30(13-12-29(38(37)52-31)34-35(44)32(58-6)18-33(59-7)36(34)45)41(57)51-25-8-9-26(47-19-25)21-55-17-16-53(5)43(3,4)24-55/h8-13,18-20,49H,14-17,21-24H2,1-7H3,(H2,46,56)(H,51,57). The number of nitrogens with one attached hydrogen (secondary N) is 2. The van der Waals surface area contributed by atoms with E-state index in [1.54, 1.807) is 30.5 Å². The molecule has 14 nitrogen and oxygen atoms in total. The third kappa shape index (κ3) is 8.98. The fraction of sp³-hybridized carbons (Fsp3) is 0.395. The van der Waals surface area contributed by atoms with Crippen molar-refractivity contribution in [2.45, 2.75) is 51.9 Å². The van der Waals surface area contributed by atoms with Gasteiger partial charge in [0.1, 0.15) is 22.7 Å². The second-order valence-corrected chi connectivity index (χ2v) is 17.2. The Labute approximate surface area is 354 Å². The van der Waals surface area contributed by atoms with E-state index < -0.39 is 11.8 Å². The van der Waals surface area contributed by atoms with E-state index in [9.17, 15) is 9.59 Å². The molecule has 0 bridgehead atoms. The Morgan fingerprint density at radius 1 is 0.831 bits per heavy atom. The van der Waals surface area contributed by atoms with E-state index in [4.69, 9.17) is 53.4 Å². The van der Waals surface area contributed by atoms with Crippen LogP contribution in [0.5, 0.6) is 11.5 Å². The van der Waals surface area contributed by atoms with Crippen LogP contribution < -0.4 is 25.8 Å². The summed E-state index contributed by atoms with van der Waals surface area (Å²) in [7, 11) is 5.13. The van der Waals surface area contributed by atoms with Gasteiger partial charge >= 0.3 is 0 Å². The summed E-state index contributed by atoms with van der Waals surface area (Å²) in [6, 6.07) is 12.3. The number of hydrogen-bond acceptors (Lipinski definition) is 12. The van der Waals surface area contributed by atoms with Crippen LogP contribution in [0, 0.1) is 0 Å². The number of hydrogen-bond donors (Lipinski definition) is 3. The summed E-state index contributed by atoms with van der Waals surface area (Å²) in [5.41, 5.74) is 10.4. The van der Waals surface area contributed by atoms with Gasteiger partial charge in [0.25, 0.3) is 11.8 Å². The molecule has 4 N–H and O–H groups in total. The van der Waals surface area contributed by atoms with Crippen LogP contribution in [0.15, 0.2) is 54.9 Å². The second kappa shape index (κ2) is 17.0. The lowest BCUT2D eigenvalue weighted by Crippen LogP contribution is -2.57. The number of anilines is 1. The number of carbonyl (C=O) groups excluding carboxylic acids is 2. The van der Waals surface area contributed by atoms with Gasteiger partial charge in [0.2, 0.25) is 0 Å². The number of primary amides is 1. The number of likely N-dealkylation sites (N-methyl/N-ethyl adjacent to an activating group) is 1. The summed E-state index contributed by atoms with van der Waals surface area (Å²) >= 11 is 13.9. The third-order valence-electron chi connectivity index (χ3n) is 11.1. The first-order valence-electron chi connectivity index (χ1n) is 19.4. The van der Waals surface area contributed by atoms with E-state index in [1.165, 1.54) is 20.4 Å². The highest BCUT2D eigenvalue weighted by atomic mass is 35.5. The predicted octanol–water partition coefficient (Wildman–Crippen LogP) is 6.14. The molecular formula is C43H50Cl2N10O4. The highest BCUT2D eigenvalue weighted by Gasteiger charge is 2.31. The maximum atomic E-state index is 14.1. The topological polar surface area (TPSA) is 164 Å². The number of methoxy groups -OCH3 is 2. The van der Waals surface area contributed by atoms with Gasteiger partial charge in [-0.3, -0.25) is 34.3 Å². The van der Waals surface area contributed by atoms with E-state index >= 15 is 0 Å². The normalized spacial score (nSPS) is 17.2. The fourth-order valence-corrected chi connectivity index (χ4v) is 8.53. The lowest BCUT2D eigenvalue weighted by Gasteiger charge is -2.45. The van der Waals surface area contributed by atoms with Crippen LogP contribution in [-0.4, -0.2) is 118 Å². The summed E-state index contributed by atoms with van der Waals surface area (Å²) in [6.07, 6.45) is 3.15. The largest absolute Gasteiger partial charge is 0.495 e. The van der Waals surface area contributed by atoms with Crippen molar-refractivity contribution in [2.24, 2.45) is 5.73 Å². The first-order valence-corrected chi connectivity index (χ1v) is 20.2. The molecule has 2 amide bonds. The maximum Gasteiger partial charge on any atom is 0.268 e. The Morgan fingerprint density at radius 2 is 1.51 bits per heavy atom. The molecule has 0 saturated carbocycles. The van der Waals surface area contributed by atoms with Crippen molar-refractivity contribution < 1.29 is 19.1 Å². The Kier molecular flexibility index (Phi) is 12.1. The number of fused-ring (bicyclic) bond motifs is 1. The van der Waals surface area contributed by atoms with Crippen LogP contribution >= 0.6 is 23.2 Å². The Morgan fingerprint density at radius 3 is 2.15 bits per heavy atom. The monoisotopic (exact) mass is 840 g/mol. The molecular weight excluding hydrogens is 791 g/mol. The number of nitrogens with zero attached hydrogens (tertiary/aromatic N) is 7. The number of nitrogens with two attached hydrogens (primary N) is 1. The highest BCUT2D eigenvalue weighted by Crippen LogP contribution is 2.47. The quantitative estimate of drug-likeness (QED) is 0.140. The number of halogens is 2. The molecule has 5 heterocycles. The van der Waals surface area contributed by atoms with Crippen LogP contribution in [0.1, 0.15) is 59.9 Å². The molecule has 2 fully saturated rings. The molecule has 2 aliphatic rings. The number of pyridine rings is 2. The summed E-state index contributed by atoms with van der Waals surface area (Å²) in [4.78, 5) is 53.3. The van der Waals surface area contributed by atoms with Crippen molar-refractivity contribution in [1.29, 1.82) is 0 Å². The van der Waals surface area contributed by atoms with Crippen LogP contribution in [0.25, 0.3) is 33.4 Å². The molecule has 0 unspecified atom stereocenters. The molecule has 0 spiro atoms. The minimum absolute atomic E-state index is 0.0485. The van der Waals surface area contributed by atoms with Gasteiger partial charge in [-0.1, -0.05) is 29.3 Å². The first-order chi connectivity index (χ1) is 28.1. The van der Waals surface area contributed by atoms with Crippen molar-refractivity contribution >= 4 is 51.7 Å². The number of piperazine rings is 2. The van der Waals surface area contributed by atoms with Gasteiger partial charge < -0.3 is 25.8 Å². The molecule has 2 aromatic carbocycles. The SMILES string of the molecule is COc1cc(OC)c(Cl)c(-c2ccc(C(=O)Nc3ccc(CN4CCN(C)C(C)(C)C4)nc3)c3ncc(-c4ccc(CN5CCNC(C)(C)C5)nc4C(N)=O)nc23)c1Cl. The lowest BCUT2D eigenvalue weighted by atomic mass is 9.99. The van der Waals surface area contributed by atoms with Gasteiger partial charge in [0.15, 0.2) is 0 Å². The molecule has 3 aromatic heterocycles. The minimum Gasteiger partial charge on any atom is -0.495 e. The number of rotatable bonds is 11. The van der Waals surface area contributed by atoms with Gasteiger partial charge in [-0.05, 0) is 65.1 Å². The zero-order valence-corrected chi connectivity index (χ0v) is 36.0. The van der Waals surface area contributed by atoms with E-state index in [0.29, 0.717) is 58.4 Å². The van der Waals surface area contributed by atoms with E-state index in [2.05, 4.69) is 65.1 Å². The molecule has 7 rings (SSSR count). The number of aromatic nitrogens is 4. The minimum atomic E-state index is -0.714. The predicted molar refractivity (Wildman–Crippen MR) is 231 cm³/mol. The van der Waals surface area contributed by atoms with Gasteiger partial charge in [0.05, 0.1) is 70.5 Å². The van der Waals surface area contributed by atoms with Crippen LogP contribution in [0.4, 0.5) is 5.69 Å². The van der Waals surface area contributed by atoms with Crippen LogP contribution in [-0.2, 0) is 13.1 Å². The molecule has 0 atom stereocenters. The summed E-state index contributed by atoms with van der Waals surface area (Å²) in [6.45, 7) is 15.4. The van der Waals surface area contributed by atoms with Crippen molar-refractivity contribution in [2.75, 3.05) is 65.9 Å². The molecule has 5 aromatic rings. The molecule has 16 heteroatoms. The second-order valence-electron chi connectivity index (χ2n) is 16.4. The molecule has 0 aliphatic carbocycles. The molecule has 59 heavy (non-hydrogen) atoms.